The maximum Gasteiger partial charge on any atom is 0.310 e. The summed E-state index contributed by atoms with van der Waals surface area (Å²) >= 11 is 3.38. The van der Waals surface area contributed by atoms with Crippen LogP contribution in [0.4, 0.5) is 0 Å². The number of fused-ring (bicyclic) bond motifs is 2. The van der Waals surface area contributed by atoms with Crippen molar-refractivity contribution in [2.75, 3.05) is 0 Å². The first-order chi connectivity index (χ1) is 13.9. The van der Waals surface area contributed by atoms with Crippen molar-refractivity contribution in [3.05, 3.63) is 70.5 Å². The number of para-hydroxylation sites is 1. The van der Waals surface area contributed by atoms with Crippen LogP contribution < -0.4 is 10.9 Å². The molecule has 2 aromatic heterocycles. The number of nitrogens with zero attached hydrogens (tertiary/aromatic N) is 2. The third-order valence-corrected chi connectivity index (χ3v) is 5.33. The second kappa shape index (κ2) is 7.21. The zero-order valence-corrected chi connectivity index (χ0v) is 17.3. The molecule has 0 aliphatic heterocycles. The van der Waals surface area contributed by atoms with E-state index >= 15 is 0 Å². The number of carbonyl (C=O) groups excluding carboxylic acids is 3. The monoisotopic (exact) mass is 452 g/mol. The van der Waals surface area contributed by atoms with Crippen molar-refractivity contribution in [3.8, 4) is 0 Å². The lowest BCUT2D eigenvalue weighted by Gasteiger charge is -2.06. The van der Waals surface area contributed by atoms with Crippen LogP contribution >= 0.6 is 15.9 Å². The van der Waals surface area contributed by atoms with E-state index in [1.165, 1.54) is 0 Å². The largest absolute Gasteiger partial charge is 0.350 e. The molecule has 0 spiro atoms. The van der Waals surface area contributed by atoms with Crippen molar-refractivity contribution in [2.45, 2.75) is 0 Å². The molecule has 0 saturated heterocycles. The number of nitrogens with one attached hydrogen (secondary N) is 2. The summed E-state index contributed by atoms with van der Waals surface area (Å²) in [7, 11) is 3.63. The number of rotatable bonds is 3. The number of halogens is 1. The molecule has 4 rings (SSSR count). The lowest BCUT2D eigenvalue weighted by atomic mass is 10.1. The third kappa shape index (κ3) is 3.31. The summed E-state index contributed by atoms with van der Waals surface area (Å²) in [5.41, 5.74) is 6.94. The number of Topliss-reactive ketones (excluding diaryl/α,β-unsaturated/α-hetero) is 1. The number of aryl methyl sites for hydroxylation is 2. The Morgan fingerprint density at radius 2 is 1.48 bits per heavy atom. The van der Waals surface area contributed by atoms with Gasteiger partial charge in [-0.25, -0.2) is 0 Å². The van der Waals surface area contributed by atoms with E-state index in [0.717, 1.165) is 20.9 Å². The van der Waals surface area contributed by atoms with Gasteiger partial charge in [0.15, 0.2) is 0 Å². The number of aromatic nitrogens is 2. The van der Waals surface area contributed by atoms with E-state index in [9.17, 15) is 14.4 Å². The van der Waals surface area contributed by atoms with Crippen LogP contribution in [0, 0.1) is 0 Å². The predicted molar refractivity (Wildman–Crippen MR) is 113 cm³/mol. The van der Waals surface area contributed by atoms with Crippen LogP contribution in [-0.2, 0) is 18.9 Å². The second-order valence-corrected chi connectivity index (χ2v) is 7.64. The van der Waals surface area contributed by atoms with Gasteiger partial charge in [-0.3, -0.25) is 25.2 Å². The average Bonchev–Trinajstić information content (AvgIpc) is 3.22. The van der Waals surface area contributed by atoms with Gasteiger partial charge in [-0.1, -0.05) is 34.1 Å². The number of hydrazine groups is 1. The lowest BCUT2D eigenvalue weighted by Crippen LogP contribution is -2.44. The van der Waals surface area contributed by atoms with Gasteiger partial charge in [0.1, 0.15) is 0 Å². The molecule has 0 aliphatic rings. The zero-order valence-electron chi connectivity index (χ0n) is 15.7. The Bertz CT molecular complexity index is 1300. The van der Waals surface area contributed by atoms with Crippen LogP contribution in [0.3, 0.4) is 0 Å². The van der Waals surface area contributed by atoms with E-state index in [0.29, 0.717) is 10.9 Å². The highest BCUT2D eigenvalue weighted by molar-refractivity contribution is 9.10. The fraction of sp³-hybridized carbons (Fsp3) is 0.0952. The number of amides is 2. The summed E-state index contributed by atoms with van der Waals surface area (Å²) in [5, 5.41) is 1.41. The molecule has 7 nitrogen and oxygen atoms in total. The number of hydrogen-bond acceptors (Lipinski definition) is 3. The van der Waals surface area contributed by atoms with Crippen molar-refractivity contribution in [1.82, 2.24) is 20.0 Å². The van der Waals surface area contributed by atoms with Gasteiger partial charge in [-0.05, 0) is 24.3 Å². The normalized spacial score (nSPS) is 11.0. The summed E-state index contributed by atoms with van der Waals surface area (Å²) in [6.45, 7) is 0. The summed E-state index contributed by atoms with van der Waals surface area (Å²) in [6, 6.07) is 12.9. The fourth-order valence-corrected chi connectivity index (χ4v) is 3.79. The van der Waals surface area contributed by atoms with Gasteiger partial charge in [-0.2, -0.15) is 0 Å². The van der Waals surface area contributed by atoms with Gasteiger partial charge in [0.2, 0.25) is 0 Å². The van der Waals surface area contributed by atoms with Crippen molar-refractivity contribution in [1.29, 1.82) is 0 Å². The predicted octanol–water partition coefficient (Wildman–Crippen LogP) is 3.08. The minimum atomic E-state index is -0.911. The molecule has 2 N–H and O–H groups in total. The van der Waals surface area contributed by atoms with E-state index in [1.807, 2.05) is 48.0 Å². The molecular weight excluding hydrogens is 436 g/mol. The van der Waals surface area contributed by atoms with Crippen molar-refractivity contribution in [2.24, 2.45) is 14.1 Å². The van der Waals surface area contributed by atoms with Crippen molar-refractivity contribution in [3.63, 3.8) is 0 Å². The van der Waals surface area contributed by atoms with Gasteiger partial charge < -0.3 is 9.13 Å². The highest BCUT2D eigenvalue weighted by Crippen LogP contribution is 2.25. The van der Waals surface area contributed by atoms with E-state index < -0.39 is 17.6 Å². The van der Waals surface area contributed by atoms with Crippen molar-refractivity contribution < 1.29 is 14.4 Å². The van der Waals surface area contributed by atoms with E-state index in [4.69, 9.17) is 0 Å². The number of ketones is 1. The standard InChI is InChI=1S/C21H17BrN4O3/c1-25-10-15(14-9-12(22)7-8-18(14)25)19(27)21(29)24-23-20(28)16-11-26(2)17-6-4-3-5-13(16)17/h3-11H,1-2H3,(H,23,28)(H,24,29). The minimum Gasteiger partial charge on any atom is -0.350 e. The number of benzene rings is 2. The van der Waals surface area contributed by atoms with Crippen LogP contribution in [0.15, 0.2) is 59.3 Å². The molecule has 0 atom stereocenters. The second-order valence-electron chi connectivity index (χ2n) is 6.72. The summed E-state index contributed by atoms with van der Waals surface area (Å²) in [4.78, 5) is 37.6. The Labute approximate surface area is 174 Å². The Kier molecular flexibility index (Phi) is 4.71. The van der Waals surface area contributed by atoms with Crippen LogP contribution in [0.1, 0.15) is 20.7 Å². The Morgan fingerprint density at radius 3 is 2.24 bits per heavy atom. The van der Waals surface area contributed by atoms with Gasteiger partial charge >= 0.3 is 5.91 Å². The third-order valence-electron chi connectivity index (χ3n) is 4.83. The highest BCUT2D eigenvalue weighted by atomic mass is 79.9. The van der Waals surface area contributed by atoms with Gasteiger partial charge in [-0.15, -0.1) is 0 Å². The lowest BCUT2D eigenvalue weighted by molar-refractivity contribution is -0.117. The molecule has 146 valence electrons. The molecule has 2 aromatic carbocycles. The summed E-state index contributed by atoms with van der Waals surface area (Å²) < 4.78 is 4.40. The van der Waals surface area contributed by atoms with E-state index in [-0.39, 0.29) is 5.56 Å². The maximum absolute atomic E-state index is 12.7. The number of hydrogen-bond donors (Lipinski definition) is 2. The molecule has 0 radical (unpaired) electrons. The summed E-state index contributed by atoms with van der Waals surface area (Å²) in [6.07, 6.45) is 3.28. The van der Waals surface area contributed by atoms with Gasteiger partial charge in [0.25, 0.3) is 11.7 Å². The molecule has 0 fully saturated rings. The average molecular weight is 453 g/mol. The van der Waals surface area contributed by atoms with E-state index in [1.54, 1.807) is 30.1 Å². The molecule has 0 saturated carbocycles. The molecule has 29 heavy (non-hydrogen) atoms. The quantitative estimate of drug-likeness (QED) is 0.284. The molecule has 0 unspecified atom stereocenters. The maximum atomic E-state index is 12.7. The first kappa shape index (κ1) is 18.9. The minimum absolute atomic E-state index is 0.265. The van der Waals surface area contributed by atoms with Crippen LogP contribution in [0.5, 0.6) is 0 Å². The van der Waals surface area contributed by atoms with Gasteiger partial charge in [0.05, 0.1) is 11.1 Å². The molecule has 2 amide bonds. The topological polar surface area (TPSA) is 85.1 Å². The Hall–Kier alpha value is -3.39. The molecule has 4 aromatic rings. The highest BCUT2D eigenvalue weighted by Gasteiger charge is 2.22. The first-order valence-electron chi connectivity index (χ1n) is 8.80. The molecule has 0 bridgehead atoms. The van der Waals surface area contributed by atoms with Crippen LogP contribution in [0.2, 0.25) is 0 Å². The Balaban J connectivity index is 1.53. The zero-order chi connectivity index (χ0) is 20.7. The number of carbonyl (C=O) groups is 3. The molecule has 8 heteroatoms. The van der Waals surface area contributed by atoms with Crippen LogP contribution in [-0.4, -0.2) is 26.7 Å². The van der Waals surface area contributed by atoms with Crippen LogP contribution in [0.25, 0.3) is 21.8 Å². The van der Waals surface area contributed by atoms with Gasteiger partial charge in [0, 0.05) is 52.8 Å². The molecule has 0 aliphatic carbocycles. The molecule has 2 heterocycles. The Morgan fingerprint density at radius 1 is 0.828 bits per heavy atom. The smallest absolute Gasteiger partial charge is 0.310 e. The van der Waals surface area contributed by atoms with Crippen molar-refractivity contribution >= 4 is 55.3 Å². The molecular formula is C21H17BrN4O3. The van der Waals surface area contributed by atoms with E-state index in [2.05, 4.69) is 26.8 Å². The summed E-state index contributed by atoms with van der Waals surface area (Å²) in [5.74, 6) is -2.14. The first-order valence-corrected chi connectivity index (χ1v) is 9.60. The fourth-order valence-electron chi connectivity index (χ4n) is 3.43. The SMILES string of the molecule is Cn1cc(C(=O)NNC(=O)C(=O)c2cn(C)c3ccc(Br)cc23)c2ccccc21.